The van der Waals surface area contributed by atoms with Crippen LogP contribution in [0, 0.1) is 13.8 Å². The highest BCUT2D eigenvalue weighted by atomic mass is 32.2. The lowest BCUT2D eigenvalue weighted by atomic mass is 10.4. The molecule has 2 aromatic rings. The van der Waals surface area contributed by atoms with Gasteiger partial charge in [-0.05, 0) is 26.8 Å². The second-order valence-corrected chi connectivity index (χ2v) is 6.88. The van der Waals surface area contributed by atoms with E-state index in [2.05, 4.69) is 25.5 Å². The van der Waals surface area contributed by atoms with E-state index in [0.29, 0.717) is 5.16 Å². The van der Waals surface area contributed by atoms with E-state index in [0.717, 1.165) is 23.1 Å². The van der Waals surface area contributed by atoms with Gasteiger partial charge < -0.3 is 0 Å². The lowest BCUT2D eigenvalue weighted by Crippen LogP contribution is -2.22. The number of carbonyl (C=O) groups excluding carboxylic acids is 1. The average molecular weight is 363 g/mol. The molecule has 124 valence electrons. The summed E-state index contributed by atoms with van der Waals surface area (Å²) in [5, 5.41) is 7.16. The number of anilines is 1. The molecule has 0 saturated heterocycles. The Bertz CT molecular complexity index is 699. The highest BCUT2D eigenvalue weighted by Crippen LogP contribution is 2.33. The largest absolute Gasteiger partial charge is 0.445 e. The number of aromatic nitrogens is 4. The van der Waals surface area contributed by atoms with Crippen LogP contribution in [-0.4, -0.2) is 31.3 Å². The van der Waals surface area contributed by atoms with Crippen LogP contribution in [0.15, 0.2) is 11.2 Å². The van der Waals surface area contributed by atoms with Gasteiger partial charge in [0.2, 0.25) is 16.0 Å². The molecule has 2 rings (SSSR count). The van der Waals surface area contributed by atoms with Gasteiger partial charge in [0.1, 0.15) is 0 Å². The van der Waals surface area contributed by atoms with Gasteiger partial charge in [0.15, 0.2) is 5.16 Å². The Morgan fingerprint density at radius 1 is 1.26 bits per heavy atom. The maximum absolute atomic E-state index is 12.4. The van der Waals surface area contributed by atoms with Gasteiger partial charge in [0.05, 0.1) is 5.25 Å². The molecule has 0 radical (unpaired) electrons. The zero-order valence-electron chi connectivity index (χ0n) is 12.3. The summed E-state index contributed by atoms with van der Waals surface area (Å²) in [4.78, 5) is 20.4. The van der Waals surface area contributed by atoms with Crippen molar-refractivity contribution in [3.8, 4) is 0 Å². The maximum atomic E-state index is 12.4. The Hall–Kier alpha value is -1.75. The van der Waals surface area contributed by atoms with Gasteiger partial charge in [-0.1, -0.05) is 23.1 Å². The number of carbonyl (C=O) groups is 1. The molecule has 0 aliphatic rings. The molecule has 11 heteroatoms. The average Bonchev–Trinajstić information content (AvgIpc) is 2.85. The molecule has 0 aromatic carbocycles. The van der Waals surface area contributed by atoms with Crippen LogP contribution in [0.4, 0.5) is 18.3 Å². The predicted molar refractivity (Wildman–Crippen MR) is 80.4 cm³/mol. The van der Waals surface area contributed by atoms with Gasteiger partial charge in [-0.15, -0.1) is 10.2 Å². The van der Waals surface area contributed by atoms with E-state index in [1.165, 1.54) is 0 Å². The second kappa shape index (κ2) is 6.79. The van der Waals surface area contributed by atoms with Gasteiger partial charge in [-0.25, -0.2) is 9.97 Å². The molecule has 1 atom stereocenters. The van der Waals surface area contributed by atoms with Crippen LogP contribution in [-0.2, 0) is 11.0 Å². The molecular formula is C12H12F3N5OS2. The summed E-state index contributed by atoms with van der Waals surface area (Å²) in [6.07, 6.45) is -4.58. The summed E-state index contributed by atoms with van der Waals surface area (Å²) in [7, 11) is 0. The number of hydrogen-bond acceptors (Lipinski definition) is 7. The SMILES string of the molecule is Cc1cc(C)nc(SC(C)C(=O)Nc2nnc(C(F)(F)F)s2)n1. The number of halogens is 3. The Morgan fingerprint density at radius 3 is 2.39 bits per heavy atom. The summed E-state index contributed by atoms with van der Waals surface area (Å²) in [6.45, 7) is 5.22. The summed E-state index contributed by atoms with van der Waals surface area (Å²) < 4.78 is 37.3. The van der Waals surface area contributed by atoms with Gasteiger partial charge in [-0.2, -0.15) is 13.2 Å². The highest BCUT2D eigenvalue weighted by Gasteiger charge is 2.36. The van der Waals surface area contributed by atoms with Crippen LogP contribution in [0.2, 0.25) is 0 Å². The molecule has 0 fully saturated rings. The quantitative estimate of drug-likeness (QED) is 0.664. The number of nitrogens with one attached hydrogen (secondary N) is 1. The van der Waals surface area contributed by atoms with E-state index in [-0.39, 0.29) is 16.5 Å². The molecule has 0 saturated carbocycles. The third kappa shape index (κ3) is 4.86. The standard InChI is InChI=1S/C12H12F3N5OS2/c1-5-4-6(2)17-10(16-5)22-7(3)8(21)18-11-20-19-9(23-11)12(13,14)15/h4,7H,1-3H3,(H,18,20,21). The normalized spacial score (nSPS) is 13.0. The van der Waals surface area contributed by atoms with Gasteiger partial charge >= 0.3 is 6.18 Å². The Balaban J connectivity index is 2.01. The summed E-state index contributed by atoms with van der Waals surface area (Å²) in [5.41, 5.74) is 1.54. The summed E-state index contributed by atoms with van der Waals surface area (Å²) in [5.74, 6) is -0.498. The van der Waals surface area contributed by atoms with E-state index in [1.807, 2.05) is 13.8 Å². The van der Waals surface area contributed by atoms with Crippen molar-refractivity contribution in [1.29, 1.82) is 0 Å². The third-order valence-corrected chi connectivity index (χ3v) is 4.36. The van der Waals surface area contributed by atoms with Gasteiger partial charge in [-0.3, -0.25) is 10.1 Å². The number of amides is 1. The highest BCUT2D eigenvalue weighted by molar-refractivity contribution is 8.00. The topological polar surface area (TPSA) is 80.7 Å². The minimum Gasteiger partial charge on any atom is -0.300 e. The molecule has 0 bridgehead atoms. The number of alkyl halides is 3. The van der Waals surface area contributed by atoms with Gasteiger partial charge in [0.25, 0.3) is 0 Å². The van der Waals surface area contributed by atoms with E-state index >= 15 is 0 Å². The first-order valence-corrected chi connectivity index (χ1v) is 8.05. The van der Waals surface area contributed by atoms with E-state index in [4.69, 9.17) is 0 Å². The number of thioether (sulfide) groups is 1. The molecular weight excluding hydrogens is 351 g/mol. The van der Waals surface area contributed by atoms with Crippen LogP contribution < -0.4 is 5.32 Å². The smallest absolute Gasteiger partial charge is 0.300 e. The first kappa shape index (κ1) is 17.6. The van der Waals surface area contributed by atoms with Crippen LogP contribution in [0.25, 0.3) is 0 Å². The first-order valence-electron chi connectivity index (χ1n) is 6.35. The number of aryl methyl sites for hydroxylation is 2. The van der Waals surface area contributed by atoms with E-state index in [1.54, 1.807) is 13.0 Å². The Morgan fingerprint density at radius 2 is 1.87 bits per heavy atom. The Kier molecular flexibility index (Phi) is 5.19. The third-order valence-electron chi connectivity index (χ3n) is 2.51. The van der Waals surface area contributed by atoms with Crippen molar-refractivity contribution in [1.82, 2.24) is 20.2 Å². The second-order valence-electron chi connectivity index (χ2n) is 4.59. The first-order chi connectivity index (χ1) is 10.6. The minimum absolute atomic E-state index is 0.198. The number of rotatable bonds is 4. The fourth-order valence-corrected chi connectivity index (χ4v) is 3.04. The van der Waals surface area contributed by atoms with Gasteiger partial charge in [0, 0.05) is 11.4 Å². The van der Waals surface area contributed by atoms with Crippen molar-refractivity contribution in [3.63, 3.8) is 0 Å². The number of nitrogens with zero attached hydrogens (tertiary/aromatic N) is 4. The molecule has 23 heavy (non-hydrogen) atoms. The number of hydrogen-bond donors (Lipinski definition) is 1. The van der Waals surface area contributed by atoms with Crippen molar-refractivity contribution < 1.29 is 18.0 Å². The monoisotopic (exact) mass is 363 g/mol. The lowest BCUT2D eigenvalue weighted by Gasteiger charge is -2.09. The molecule has 1 unspecified atom stereocenters. The Labute approximate surface area is 137 Å². The molecule has 1 N–H and O–H groups in total. The van der Waals surface area contributed by atoms with Crippen molar-refractivity contribution in [2.45, 2.75) is 37.4 Å². The van der Waals surface area contributed by atoms with Crippen LogP contribution in [0.5, 0.6) is 0 Å². The molecule has 0 spiro atoms. The molecule has 2 aromatic heterocycles. The molecule has 6 nitrogen and oxygen atoms in total. The van der Waals surface area contributed by atoms with Crippen LogP contribution in [0.3, 0.4) is 0 Å². The zero-order chi connectivity index (χ0) is 17.2. The maximum Gasteiger partial charge on any atom is 0.445 e. The molecule has 0 aliphatic heterocycles. The van der Waals surface area contributed by atoms with Crippen molar-refractivity contribution in [2.24, 2.45) is 0 Å². The molecule has 0 aliphatic carbocycles. The lowest BCUT2D eigenvalue weighted by molar-refractivity contribution is -0.138. The van der Waals surface area contributed by atoms with Crippen molar-refractivity contribution >= 4 is 34.1 Å². The summed E-state index contributed by atoms with van der Waals surface area (Å²) in [6, 6.07) is 1.80. The fraction of sp³-hybridized carbons (Fsp3) is 0.417. The predicted octanol–water partition coefficient (Wildman–Crippen LogP) is 3.08. The molecule has 1 amide bonds. The zero-order valence-corrected chi connectivity index (χ0v) is 13.9. The van der Waals surface area contributed by atoms with Crippen LogP contribution in [0.1, 0.15) is 23.3 Å². The molecule has 2 heterocycles. The fourth-order valence-electron chi connectivity index (χ4n) is 1.55. The van der Waals surface area contributed by atoms with Crippen LogP contribution >= 0.6 is 23.1 Å². The van der Waals surface area contributed by atoms with E-state index < -0.39 is 22.3 Å². The minimum atomic E-state index is -4.58. The van der Waals surface area contributed by atoms with Crippen molar-refractivity contribution in [3.05, 3.63) is 22.5 Å². The van der Waals surface area contributed by atoms with E-state index in [9.17, 15) is 18.0 Å². The summed E-state index contributed by atoms with van der Waals surface area (Å²) >= 11 is 1.39. The van der Waals surface area contributed by atoms with Crippen molar-refractivity contribution in [2.75, 3.05) is 5.32 Å².